The molecule has 1 heterocycles. The molecule has 0 aliphatic carbocycles. The molecule has 0 radical (unpaired) electrons. The lowest BCUT2D eigenvalue weighted by Crippen LogP contribution is -2.54. The highest BCUT2D eigenvalue weighted by molar-refractivity contribution is 7.80. The van der Waals surface area contributed by atoms with Crippen molar-refractivity contribution in [2.75, 3.05) is 26.2 Å². The number of likely N-dealkylation sites (tertiary alicyclic amines) is 1. The van der Waals surface area contributed by atoms with E-state index in [4.69, 9.17) is 18.0 Å². The minimum atomic E-state index is -0.201. The number of hydrogen-bond acceptors (Lipinski definition) is 4. The Morgan fingerprint density at radius 1 is 1.44 bits per heavy atom. The SMILES string of the molecule is B[C@@H]1CCCN1C(=S)[C@@H](NC(=O)CN(CCC)C(=O)CN)C(C)CC. The van der Waals surface area contributed by atoms with Crippen LogP contribution in [-0.2, 0) is 9.59 Å². The van der Waals surface area contributed by atoms with Gasteiger partial charge in [0.05, 0.1) is 19.1 Å². The summed E-state index contributed by atoms with van der Waals surface area (Å²) in [5.74, 6) is 0.294. The van der Waals surface area contributed by atoms with Crippen LogP contribution < -0.4 is 11.1 Å². The van der Waals surface area contributed by atoms with Gasteiger partial charge in [0.25, 0.3) is 0 Å². The summed E-state index contributed by atoms with van der Waals surface area (Å²) < 4.78 is 0. The number of amides is 2. The third-order valence-corrected chi connectivity index (χ3v) is 5.48. The molecule has 1 aliphatic heterocycles. The maximum absolute atomic E-state index is 12.6. The van der Waals surface area contributed by atoms with Crippen molar-refractivity contribution in [1.29, 1.82) is 0 Å². The summed E-state index contributed by atoms with van der Waals surface area (Å²) >= 11 is 5.72. The molecule has 1 fully saturated rings. The molecule has 0 aromatic rings. The fraction of sp³-hybridized carbons (Fsp3) is 0.824. The highest BCUT2D eigenvalue weighted by Crippen LogP contribution is 2.20. The third kappa shape index (κ3) is 6.26. The van der Waals surface area contributed by atoms with E-state index in [-0.39, 0.29) is 36.9 Å². The summed E-state index contributed by atoms with van der Waals surface area (Å²) in [6.45, 7) is 7.62. The molecule has 0 saturated carbocycles. The highest BCUT2D eigenvalue weighted by Gasteiger charge is 2.31. The molecule has 1 unspecified atom stereocenters. The summed E-state index contributed by atoms with van der Waals surface area (Å²) in [5.41, 5.74) is 5.45. The first-order valence-electron chi connectivity index (χ1n) is 9.43. The highest BCUT2D eigenvalue weighted by atomic mass is 32.1. The van der Waals surface area contributed by atoms with E-state index >= 15 is 0 Å². The summed E-state index contributed by atoms with van der Waals surface area (Å²) in [4.78, 5) is 29.0. The Labute approximate surface area is 158 Å². The Hall–Kier alpha value is -1.15. The zero-order chi connectivity index (χ0) is 19.0. The van der Waals surface area contributed by atoms with Crippen LogP contribution in [0.3, 0.4) is 0 Å². The van der Waals surface area contributed by atoms with Crippen molar-refractivity contribution in [3.8, 4) is 0 Å². The molecule has 1 saturated heterocycles. The predicted octanol–water partition coefficient (Wildman–Crippen LogP) is 0.0970. The van der Waals surface area contributed by atoms with Crippen molar-refractivity contribution >= 4 is 36.9 Å². The van der Waals surface area contributed by atoms with Crippen LogP contribution in [0, 0.1) is 5.92 Å². The van der Waals surface area contributed by atoms with Crippen LogP contribution in [-0.4, -0.2) is 72.6 Å². The van der Waals surface area contributed by atoms with Crippen molar-refractivity contribution in [1.82, 2.24) is 15.1 Å². The molecular weight excluding hydrogens is 335 g/mol. The second-order valence-electron chi connectivity index (χ2n) is 6.97. The quantitative estimate of drug-likeness (QED) is 0.446. The Morgan fingerprint density at radius 2 is 2.12 bits per heavy atom. The van der Waals surface area contributed by atoms with Crippen LogP contribution in [0.4, 0.5) is 0 Å². The van der Waals surface area contributed by atoms with Crippen molar-refractivity contribution in [2.45, 2.75) is 58.4 Å². The monoisotopic (exact) mass is 368 g/mol. The average molecular weight is 368 g/mol. The molecule has 0 aromatic heterocycles. The van der Waals surface area contributed by atoms with E-state index in [2.05, 4.69) is 31.9 Å². The van der Waals surface area contributed by atoms with Gasteiger partial charge in [-0.25, -0.2) is 0 Å². The normalized spacial score (nSPS) is 19.4. The second kappa shape index (κ2) is 10.8. The number of nitrogens with zero attached hydrogens (tertiary/aromatic N) is 2. The number of thiocarbonyl (C=S) groups is 1. The molecule has 3 N–H and O–H groups in total. The fourth-order valence-corrected chi connectivity index (χ4v) is 3.77. The maximum Gasteiger partial charge on any atom is 0.240 e. The van der Waals surface area contributed by atoms with Gasteiger partial charge in [0.15, 0.2) is 0 Å². The molecule has 2 amide bonds. The molecule has 0 bridgehead atoms. The second-order valence-corrected chi connectivity index (χ2v) is 7.39. The average Bonchev–Trinajstić information content (AvgIpc) is 3.03. The van der Waals surface area contributed by atoms with E-state index in [1.165, 1.54) is 4.90 Å². The number of rotatable bonds is 9. The lowest BCUT2D eigenvalue weighted by Gasteiger charge is -2.34. The van der Waals surface area contributed by atoms with Crippen molar-refractivity contribution in [3.63, 3.8) is 0 Å². The van der Waals surface area contributed by atoms with E-state index in [1.807, 2.05) is 6.92 Å². The zero-order valence-electron chi connectivity index (χ0n) is 16.1. The van der Waals surface area contributed by atoms with E-state index < -0.39 is 0 Å². The molecule has 6 nitrogen and oxygen atoms in total. The third-order valence-electron chi connectivity index (χ3n) is 4.99. The number of carbonyl (C=O) groups excluding carboxylic acids is 2. The molecule has 0 spiro atoms. The van der Waals surface area contributed by atoms with E-state index in [0.717, 1.165) is 37.2 Å². The van der Waals surface area contributed by atoms with Gasteiger partial charge in [-0.05, 0) is 31.1 Å². The first kappa shape index (κ1) is 21.9. The smallest absolute Gasteiger partial charge is 0.240 e. The van der Waals surface area contributed by atoms with Gasteiger partial charge in [0, 0.05) is 13.1 Å². The first-order chi connectivity index (χ1) is 11.8. The summed E-state index contributed by atoms with van der Waals surface area (Å²) in [6, 6.07) is -0.176. The fourth-order valence-electron chi connectivity index (χ4n) is 3.21. The van der Waals surface area contributed by atoms with Gasteiger partial charge >= 0.3 is 0 Å². The van der Waals surface area contributed by atoms with Crippen molar-refractivity contribution in [2.24, 2.45) is 11.7 Å². The number of nitrogens with two attached hydrogens (primary N) is 1. The topological polar surface area (TPSA) is 78.7 Å². The van der Waals surface area contributed by atoms with Crippen molar-refractivity contribution in [3.05, 3.63) is 0 Å². The lowest BCUT2D eigenvalue weighted by molar-refractivity contribution is -0.135. The summed E-state index contributed by atoms with van der Waals surface area (Å²) in [7, 11) is 2.18. The molecule has 3 atom stereocenters. The Kier molecular flexibility index (Phi) is 9.42. The summed E-state index contributed by atoms with van der Waals surface area (Å²) in [6.07, 6.45) is 3.99. The van der Waals surface area contributed by atoms with E-state index in [1.54, 1.807) is 0 Å². The van der Waals surface area contributed by atoms with Crippen LogP contribution in [0.25, 0.3) is 0 Å². The zero-order valence-corrected chi connectivity index (χ0v) is 16.9. The number of nitrogens with one attached hydrogen (secondary N) is 1. The Balaban J connectivity index is 2.78. The van der Waals surface area contributed by atoms with E-state index in [0.29, 0.717) is 12.5 Å². The maximum atomic E-state index is 12.6. The lowest BCUT2D eigenvalue weighted by atomic mass is 9.92. The van der Waals surface area contributed by atoms with Crippen LogP contribution in [0.5, 0.6) is 0 Å². The molecule has 0 aromatic carbocycles. The largest absolute Gasteiger partial charge is 0.370 e. The van der Waals surface area contributed by atoms with Gasteiger partial charge in [-0.2, -0.15) is 0 Å². The number of hydrogen-bond donors (Lipinski definition) is 2. The molecule has 25 heavy (non-hydrogen) atoms. The molecule has 1 aliphatic rings. The van der Waals surface area contributed by atoms with Crippen LogP contribution in [0.15, 0.2) is 0 Å². The molecule has 8 heteroatoms. The van der Waals surface area contributed by atoms with Crippen LogP contribution >= 0.6 is 12.2 Å². The minimum absolute atomic E-state index is 0.0367. The summed E-state index contributed by atoms with van der Waals surface area (Å²) in [5, 5.41) is 3.08. The standard InChI is InChI=1S/C17H33BN4O2S/c1-4-8-21(15(24)10-19)11-14(23)20-16(12(3)5-2)17(25)22-9-6-7-13(22)18/h12-13,16H,4-11,18-19H2,1-3H3,(H,20,23)/t12?,13-,16-/m0/s1. The van der Waals surface area contributed by atoms with Crippen molar-refractivity contribution < 1.29 is 9.59 Å². The Bertz CT molecular complexity index is 478. The van der Waals surface area contributed by atoms with Gasteiger partial charge in [-0.3, -0.25) is 9.59 Å². The first-order valence-corrected chi connectivity index (χ1v) is 9.84. The minimum Gasteiger partial charge on any atom is -0.370 e. The number of carbonyl (C=O) groups is 2. The molecule has 142 valence electrons. The van der Waals surface area contributed by atoms with Crippen LogP contribution in [0.2, 0.25) is 0 Å². The van der Waals surface area contributed by atoms with Crippen LogP contribution in [0.1, 0.15) is 46.5 Å². The predicted molar refractivity (Wildman–Crippen MR) is 108 cm³/mol. The molecule has 1 rings (SSSR count). The van der Waals surface area contributed by atoms with E-state index in [9.17, 15) is 9.59 Å². The van der Waals surface area contributed by atoms with Gasteiger partial charge < -0.3 is 20.9 Å². The molecular formula is C17H33BN4O2S. The van der Waals surface area contributed by atoms with Gasteiger partial charge in [-0.1, -0.05) is 39.4 Å². The Morgan fingerprint density at radius 3 is 2.60 bits per heavy atom. The van der Waals surface area contributed by atoms with Gasteiger partial charge in [0.1, 0.15) is 12.8 Å². The van der Waals surface area contributed by atoms with Gasteiger partial charge in [-0.15, -0.1) is 0 Å². The van der Waals surface area contributed by atoms with Gasteiger partial charge in [0.2, 0.25) is 11.8 Å².